The Morgan fingerprint density at radius 3 is 2.32 bits per heavy atom. The summed E-state index contributed by atoms with van der Waals surface area (Å²) in [6, 6.07) is 18.3. The van der Waals surface area contributed by atoms with Crippen LogP contribution in [0.3, 0.4) is 0 Å². The van der Waals surface area contributed by atoms with E-state index in [9.17, 15) is 0 Å². The van der Waals surface area contributed by atoms with Gasteiger partial charge in [0.25, 0.3) is 0 Å². The molecule has 0 fully saturated rings. The summed E-state index contributed by atoms with van der Waals surface area (Å²) in [6.07, 6.45) is 8.22. The van der Waals surface area contributed by atoms with Crippen molar-refractivity contribution in [1.82, 2.24) is 0 Å². The minimum absolute atomic E-state index is 0.685. The maximum Gasteiger partial charge on any atom is 0.126 e. The van der Waals surface area contributed by atoms with Gasteiger partial charge in [-0.15, -0.1) is 0 Å². The Kier molecular flexibility index (Phi) is 5.00. The molecule has 0 saturated carbocycles. The zero-order chi connectivity index (χ0) is 13.3. The fourth-order valence-electron chi connectivity index (χ4n) is 1.80. The number of para-hydroxylation sites is 1. The monoisotopic (exact) mass is 250 g/mol. The normalized spacial score (nSPS) is 11.2. The molecule has 0 aliphatic rings. The number of rotatable bonds is 5. The quantitative estimate of drug-likeness (QED) is 0.692. The second-order valence-electron chi connectivity index (χ2n) is 4.10. The lowest BCUT2D eigenvalue weighted by Crippen LogP contribution is -1.92. The van der Waals surface area contributed by atoms with E-state index in [4.69, 9.17) is 4.74 Å². The van der Waals surface area contributed by atoms with Crippen LogP contribution in [0.4, 0.5) is 0 Å². The Labute approximate surface area is 114 Å². The Morgan fingerprint density at radius 2 is 1.53 bits per heavy atom. The van der Waals surface area contributed by atoms with Gasteiger partial charge in [-0.05, 0) is 18.6 Å². The van der Waals surface area contributed by atoms with Crippen LogP contribution in [0.1, 0.15) is 18.1 Å². The van der Waals surface area contributed by atoms with E-state index >= 15 is 0 Å². The molecular weight excluding hydrogens is 232 g/mol. The minimum Gasteiger partial charge on any atom is -0.493 e. The van der Waals surface area contributed by atoms with Gasteiger partial charge >= 0.3 is 0 Å². The van der Waals surface area contributed by atoms with Gasteiger partial charge in [0.15, 0.2) is 0 Å². The van der Waals surface area contributed by atoms with E-state index in [0.29, 0.717) is 6.61 Å². The Bertz CT molecular complexity index is 553. The molecule has 0 unspecified atom stereocenters. The lowest BCUT2D eigenvalue weighted by atomic mass is 10.1. The molecule has 0 aliphatic carbocycles. The van der Waals surface area contributed by atoms with E-state index in [2.05, 4.69) is 30.4 Å². The van der Waals surface area contributed by atoms with Crippen LogP contribution in [-0.2, 0) is 0 Å². The lowest BCUT2D eigenvalue weighted by Gasteiger charge is -2.05. The molecule has 0 atom stereocenters. The Balaban J connectivity index is 2.05. The standard InChI is InChI=1S/C18H18O/c1-2-19-18-15-9-8-14-17(18)13-7-6-12-16-10-4-3-5-11-16/h3-15H,2H2,1H3. The van der Waals surface area contributed by atoms with Gasteiger partial charge in [-0.3, -0.25) is 0 Å². The molecule has 19 heavy (non-hydrogen) atoms. The second kappa shape index (κ2) is 7.22. The first-order valence-electron chi connectivity index (χ1n) is 6.52. The van der Waals surface area contributed by atoms with Crippen LogP contribution in [0.5, 0.6) is 5.75 Å². The molecule has 1 heteroatoms. The summed E-state index contributed by atoms with van der Waals surface area (Å²) in [6.45, 7) is 2.68. The van der Waals surface area contributed by atoms with Crippen molar-refractivity contribution < 1.29 is 4.74 Å². The molecule has 0 heterocycles. The fourth-order valence-corrected chi connectivity index (χ4v) is 1.80. The molecule has 0 spiro atoms. The SMILES string of the molecule is CCOc1ccccc1C=CC=Cc1ccccc1. The van der Waals surface area contributed by atoms with E-state index in [1.807, 2.05) is 55.5 Å². The van der Waals surface area contributed by atoms with Gasteiger partial charge in [0.2, 0.25) is 0 Å². The number of allylic oxidation sites excluding steroid dienone is 2. The van der Waals surface area contributed by atoms with Crippen LogP contribution >= 0.6 is 0 Å². The largest absolute Gasteiger partial charge is 0.493 e. The predicted octanol–water partition coefficient (Wildman–Crippen LogP) is 4.81. The first-order valence-corrected chi connectivity index (χ1v) is 6.52. The molecule has 96 valence electrons. The van der Waals surface area contributed by atoms with Crippen molar-refractivity contribution in [2.24, 2.45) is 0 Å². The van der Waals surface area contributed by atoms with Crippen molar-refractivity contribution in [1.29, 1.82) is 0 Å². The van der Waals surface area contributed by atoms with E-state index in [0.717, 1.165) is 11.3 Å². The van der Waals surface area contributed by atoms with Crippen molar-refractivity contribution in [3.8, 4) is 5.75 Å². The highest BCUT2D eigenvalue weighted by atomic mass is 16.5. The smallest absolute Gasteiger partial charge is 0.126 e. The summed E-state index contributed by atoms with van der Waals surface area (Å²) in [4.78, 5) is 0. The summed E-state index contributed by atoms with van der Waals surface area (Å²) >= 11 is 0. The molecule has 0 aromatic heterocycles. The summed E-state index contributed by atoms with van der Waals surface area (Å²) in [5, 5.41) is 0. The first-order chi connectivity index (χ1) is 9.40. The van der Waals surface area contributed by atoms with E-state index in [1.165, 1.54) is 5.56 Å². The van der Waals surface area contributed by atoms with Crippen LogP contribution < -0.4 is 4.74 Å². The summed E-state index contributed by atoms with van der Waals surface area (Å²) in [7, 11) is 0. The molecule has 1 nitrogen and oxygen atoms in total. The van der Waals surface area contributed by atoms with Crippen molar-refractivity contribution in [2.45, 2.75) is 6.92 Å². The predicted molar refractivity (Wildman–Crippen MR) is 82.1 cm³/mol. The first kappa shape index (κ1) is 13.2. The van der Waals surface area contributed by atoms with Crippen LogP contribution in [0.2, 0.25) is 0 Å². The van der Waals surface area contributed by atoms with Gasteiger partial charge in [-0.25, -0.2) is 0 Å². The third-order valence-corrected chi connectivity index (χ3v) is 2.69. The van der Waals surface area contributed by atoms with Crippen molar-refractivity contribution in [2.75, 3.05) is 6.61 Å². The number of benzene rings is 2. The van der Waals surface area contributed by atoms with Crippen LogP contribution in [0.25, 0.3) is 12.2 Å². The van der Waals surface area contributed by atoms with Crippen LogP contribution in [-0.4, -0.2) is 6.61 Å². The van der Waals surface area contributed by atoms with Crippen molar-refractivity contribution in [3.05, 3.63) is 77.9 Å². The average Bonchev–Trinajstić information content (AvgIpc) is 2.47. The highest BCUT2D eigenvalue weighted by molar-refractivity contribution is 5.61. The maximum absolute atomic E-state index is 5.58. The fraction of sp³-hybridized carbons (Fsp3) is 0.111. The van der Waals surface area contributed by atoms with Gasteiger partial charge in [-0.2, -0.15) is 0 Å². The van der Waals surface area contributed by atoms with Crippen molar-refractivity contribution in [3.63, 3.8) is 0 Å². The minimum atomic E-state index is 0.685. The van der Waals surface area contributed by atoms with Gasteiger partial charge in [-0.1, -0.05) is 72.8 Å². The summed E-state index contributed by atoms with van der Waals surface area (Å²) in [5.74, 6) is 0.925. The molecule has 2 aromatic carbocycles. The van der Waals surface area contributed by atoms with Crippen LogP contribution in [0.15, 0.2) is 66.7 Å². The van der Waals surface area contributed by atoms with Gasteiger partial charge in [0, 0.05) is 5.56 Å². The summed E-state index contributed by atoms with van der Waals surface area (Å²) in [5.41, 5.74) is 2.30. The molecule has 0 aliphatic heterocycles. The maximum atomic E-state index is 5.58. The zero-order valence-corrected chi connectivity index (χ0v) is 11.1. The molecule has 2 aromatic rings. The van der Waals surface area contributed by atoms with E-state index in [-0.39, 0.29) is 0 Å². The van der Waals surface area contributed by atoms with Gasteiger partial charge < -0.3 is 4.74 Å². The van der Waals surface area contributed by atoms with E-state index in [1.54, 1.807) is 0 Å². The van der Waals surface area contributed by atoms with Crippen molar-refractivity contribution >= 4 is 12.2 Å². The third kappa shape index (κ3) is 4.14. The number of hydrogen-bond donors (Lipinski definition) is 0. The lowest BCUT2D eigenvalue weighted by molar-refractivity contribution is 0.339. The van der Waals surface area contributed by atoms with Gasteiger partial charge in [0.1, 0.15) is 5.75 Å². The van der Waals surface area contributed by atoms with Gasteiger partial charge in [0.05, 0.1) is 6.61 Å². The molecule has 0 radical (unpaired) electrons. The Hall–Kier alpha value is -2.28. The molecule has 0 saturated heterocycles. The van der Waals surface area contributed by atoms with Crippen LogP contribution in [0, 0.1) is 0 Å². The number of ether oxygens (including phenoxy) is 1. The topological polar surface area (TPSA) is 9.23 Å². The highest BCUT2D eigenvalue weighted by Gasteiger charge is 1.96. The summed E-state index contributed by atoms with van der Waals surface area (Å²) < 4.78 is 5.58. The average molecular weight is 250 g/mol. The highest BCUT2D eigenvalue weighted by Crippen LogP contribution is 2.19. The molecule has 2 rings (SSSR count). The van der Waals surface area contributed by atoms with E-state index < -0.39 is 0 Å². The molecular formula is C18H18O. The second-order valence-corrected chi connectivity index (χ2v) is 4.10. The molecule has 0 amide bonds. The number of hydrogen-bond acceptors (Lipinski definition) is 1. The third-order valence-electron chi connectivity index (χ3n) is 2.69. The molecule has 0 bridgehead atoms. The molecule has 0 N–H and O–H groups in total. The zero-order valence-electron chi connectivity index (χ0n) is 11.1. The Morgan fingerprint density at radius 1 is 0.842 bits per heavy atom.